The summed E-state index contributed by atoms with van der Waals surface area (Å²) < 4.78 is 30.3. The van der Waals surface area contributed by atoms with Crippen molar-refractivity contribution in [2.75, 3.05) is 35.5 Å². The molecule has 0 aliphatic heterocycles. The molecule has 45 heavy (non-hydrogen) atoms. The SMILES string of the molecule is CCCCCCCCCCCCCCCCCCn1c(-c2ccc(OC)c(OC)c2)c(OC)c(=O)c2c(OC)cc(OC)cc21. The van der Waals surface area contributed by atoms with E-state index in [2.05, 4.69) is 11.5 Å². The Hall–Kier alpha value is -3.35. The summed E-state index contributed by atoms with van der Waals surface area (Å²) >= 11 is 0. The first-order chi connectivity index (χ1) is 22.0. The Morgan fingerprint density at radius 1 is 0.556 bits per heavy atom. The first-order valence-corrected chi connectivity index (χ1v) is 17.1. The molecular formula is C38H57NO6. The number of hydrogen-bond acceptors (Lipinski definition) is 6. The average Bonchev–Trinajstić information content (AvgIpc) is 3.07. The molecule has 0 saturated heterocycles. The predicted molar refractivity (Wildman–Crippen MR) is 186 cm³/mol. The Labute approximate surface area is 271 Å². The zero-order chi connectivity index (χ0) is 32.4. The number of pyridine rings is 1. The first kappa shape index (κ1) is 36.1. The summed E-state index contributed by atoms with van der Waals surface area (Å²) in [5.74, 6) is 2.57. The molecule has 0 fully saturated rings. The fourth-order valence-corrected chi connectivity index (χ4v) is 6.27. The van der Waals surface area contributed by atoms with Crippen LogP contribution in [0.1, 0.15) is 110 Å². The zero-order valence-electron chi connectivity index (χ0n) is 28.8. The highest BCUT2D eigenvalue weighted by Gasteiger charge is 2.23. The largest absolute Gasteiger partial charge is 0.497 e. The standard InChI is InChI=1S/C38H57NO6/c1-7-8-9-10-11-12-13-14-15-16-17-18-19-20-21-22-25-39-31-27-30(41-2)28-34(44-5)35(31)37(40)38(45-6)36(39)29-23-24-32(42-3)33(26-29)43-4/h23-24,26-28H,7-22,25H2,1-6H3. The highest BCUT2D eigenvalue weighted by Crippen LogP contribution is 2.39. The molecule has 7 heteroatoms. The van der Waals surface area contributed by atoms with Crippen molar-refractivity contribution in [1.29, 1.82) is 0 Å². The van der Waals surface area contributed by atoms with Crippen LogP contribution in [0.25, 0.3) is 22.2 Å². The molecule has 0 unspecified atom stereocenters. The molecule has 3 rings (SSSR count). The van der Waals surface area contributed by atoms with Gasteiger partial charge in [0.15, 0.2) is 17.2 Å². The van der Waals surface area contributed by atoms with Crippen LogP contribution in [-0.4, -0.2) is 40.1 Å². The van der Waals surface area contributed by atoms with Crippen molar-refractivity contribution in [1.82, 2.24) is 4.57 Å². The molecule has 250 valence electrons. The van der Waals surface area contributed by atoms with Gasteiger partial charge in [-0.2, -0.15) is 0 Å². The summed E-state index contributed by atoms with van der Waals surface area (Å²) in [6.45, 7) is 2.99. The van der Waals surface area contributed by atoms with Crippen LogP contribution in [-0.2, 0) is 6.54 Å². The molecule has 0 aliphatic carbocycles. The van der Waals surface area contributed by atoms with Gasteiger partial charge < -0.3 is 28.3 Å². The Bertz CT molecular complexity index is 1360. The molecule has 0 saturated carbocycles. The Kier molecular flexibility index (Phi) is 16.0. The van der Waals surface area contributed by atoms with Crippen LogP contribution in [0.3, 0.4) is 0 Å². The molecule has 0 N–H and O–H groups in total. The van der Waals surface area contributed by atoms with E-state index < -0.39 is 0 Å². The number of aromatic nitrogens is 1. The van der Waals surface area contributed by atoms with Crippen LogP contribution in [0.2, 0.25) is 0 Å². The molecule has 3 aromatic rings. The van der Waals surface area contributed by atoms with Gasteiger partial charge in [0.2, 0.25) is 5.43 Å². The number of nitrogens with zero attached hydrogens (tertiary/aromatic N) is 1. The Morgan fingerprint density at radius 2 is 1.09 bits per heavy atom. The van der Waals surface area contributed by atoms with Gasteiger partial charge in [-0.1, -0.05) is 103 Å². The highest BCUT2D eigenvalue weighted by atomic mass is 16.5. The predicted octanol–water partition coefficient (Wildman–Crippen LogP) is 9.97. The number of benzene rings is 2. The fourth-order valence-electron chi connectivity index (χ4n) is 6.27. The van der Waals surface area contributed by atoms with Gasteiger partial charge in [-0.3, -0.25) is 4.79 Å². The van der Waals surface area contributed by atoms with Gasteiger partial charge in [0.05, 0.1) is 52.1 Å². The Morgan fingerprint density at radius 3 is 1.58 bits per heavy atom. The second-order valence-corrected chi connectivity index (χ2v) is 12.0. The highest BCUT2D eigenvalue weighted by molar-refractivity contribution is 5.92. The van der Waals surface area contributed by atoms with Crippen LogP contribution < -0.4 is 29.1 Å². The second-order valence-electron chi connectivity index (χ2n) is 12.0. The van der Waals surface area contributed by atoms with E-state index in [0.29, 0.717) is 40.6 Å². The van der Waals surface area contributed by atoms with E-state index in [1.807, 2.05) is 24.3 Å². The fraction of sp³-hybridized carbons (Fsp3) is 0.605. The summed E-state index contributed by atoms with van der Waals surface area (Å²) in [5.41, 5.74) is 2.04. The lowest BCUT2D eigenvalue weighted by atomic mass is 10.0. The maximum atomic E-state index is 13.9. The maximum absolute atomic E-state index is 13.9. The van der Waals surface area contributed by atoms with Crippen molar-refractivity contribution in [2.45, 2.75) is 116 Å². The summed E-state index contributed by atoms with van der Waals surface area (Å²) in [4.78, 5) is 13.9. The molecule has 1 aromatic heterocycles. The third-order valence-corrected chi connectivity index (χ3v) is 8.82. The van der Waals surface area contributed by atoms with Gasteiger partial charge in [0, 0.05) is 24.2 Å². The van der Waals surface area contributed by atoms with Crippen LogP contribution in [0, 0.1) is 0 Å². The van der Waals surface area contributed by atoms with Gasteiger partial charge in [0.1, 0.15) is 11.5 Å². The molecule has 0 spiro atoms. The lowest BCUT2D eigenvalue weighted by Crippen LogP contribution is -2.17. The second kappa shape index (κ2) is 19.9. The van der Waals surface area contributed by atoms with Crippen molar-refractivity contribution in [3.8, 4) is 40.0 Å². The van der Waals surface area contributed by atoms with Crippen LogP contribution >= 0.6 is 0 Å². The number of methoxy groups -OCH3 is 5. The molecule has 0 radical (unpaired) electrons. The third kappa shape index (κ3) is 10.1. The maximum Gasteiger partial charge on any atom is 0.235 e. The number of aryl methyl sites for hydroxylation is 1. The molecule has 1 heterocycles. The van der Waals surface area contributed by atoms with Crippen molar-refractivity contribution in [3.05, 3.63) is 40.6 Å². The van der Waals surface area contributed by atoms with E-state index in [9.17, 15) is 4.79 Å². The number of rotatable bonds is 23. The van der Waals surface area contributed by atoms with E-state index in [1.165, 1.54) is 89.9 Å². The van der Waals surface area contributed by atoms with Gasteiger partial charge in [-0.15, -0.1) is 0 Å². The average molecular weight is 624 g/mol. The molecule has 0 atom stereocenters. The lowest BCUT2D eigenvalue weighted by molar-refractivity contribution is 0.355. The number of hydrogen-bond donors (Lipinski definition) is 0. The van der Waals surface area contributed by atoms with Gasteiger partial charge in [-0.05, 0) is 24.6 Å². The summed E-state index contributed by atoms with van der Waals surface area (Å²) in [6.07, 6.45) is 21.1. The third-order valence-electron chi connectivity index (χ3n) is 8.82. The van der Waals surface area contributed by atoms with Gasteiger partial charge in [0.25, 0.3) is 0 Å². The molecule has 7 nitrogen and oxygen atoms in total. The Balaban J connectivity index is 1.68. The minimum atomic E-state index is -0.222. The van der Waals surface area contributed by atoms with Gasteiger partial charge in [-0.25, -0.2) is 0 Å². The summed E-state index contributed by atoms with van der Waals surface area (Å²) in [7, 11) is 7.96. The quantitative estimate of drug-likeness (QED) is 0.0980. The van der Waals surface area contributed by atoms with Crippen molar-refractivity contribution in [3.63, 3.8) is 0 Å². The first-order valence-electron chi connectivity index (χ1n) is 17.1. The van der Waals surface area contributed by atoms with E-state index in [0.717, 1.165) is 23.9 Å². The van der Waals surface area contributed by atoms with Crippen molar-refractivity contribution in [2.24, 2.45) is 0 Å². The van der Waals surface area contributed by atoms with Crippen LogP contribution in [0.4, 0.5) is 0 Å². The molecular weight excluding hydrogens is 566 g/mol. The number of ether oxygens (including phenoxy) is 5. The number of fused-ring (bicyclic) bond motifs is 1. The van der Waals surface area contributed by atoms with Crippen LogP contribution in [0.15, 0.2) is 35.1 Å². The normalized spacial score (nSPS) is 11.2. The van der Waals surface area contributed by atoms with E-state index in [-0.39, 0.29) is 11.2 Å². The molecule has 0 aliphatic rings. The number of unbranched alkanes of at least 4 members (excludes halogenated alkanes) is 15. The summed E-state index contributed by atoms with van der Waals surface area (Å²) in [6, 6.07) is 9.34. The van der Waals surface area contributed by atoms with E-state index >= 15 is 0 Å². The smallest absolute Gasteiger partial charge is 0.235 e. The molecule has 0 amide bonds. The summed E-state index contributed by atoms with van der Waals surface area (Å²) in [5, 5.41) is 0.482. The van der Waals surface area contributed by atoms with Crippen LogP contribution in [0.5, 0.6) is 28.7 Å². The van der Waals surface area contributed by atoms with Crippen molar-refractivity contribution >= 4 is 10.9 Å². The van der Waals surface area contributed by atoms with E-state index in [4.69, 9.17) is 23.7 Å². The van der Waals surface area contributed by atoms with Gasteiger partial charge >= 0.3 is 0 Å². The monoisotopic (exact) mass is 623 g/mol. The van der Waals surface area contributed by atoms with Crippen molar-refractivity contribution < 1.29 is 23.7 Å². The zero-order valence-corrected chi connectivity index (χ0v) is 28.8. The topological polar surface area (TPSA) is 68.2 Å². The molecule has 0 bridgehead atoms. The molecule has 2 aromatic carbocycles. The minimum absolute atomic E-state index is 0.222. The lowest BCUT2D eigenvalue weighted by Gasteiger charge is -2.22. The van der Waals surface area contributed by atoms with E-state index in [1.54, 1.807) is 41.6 Å². The minimum Gasteiger partial charge on any atom is -0.497 e.